The minimum atomic E-state index is -0.502. The van der Waals surface area contributed by atoms with Gasteiger partial charge in [0, 0.05) is 30.2 Å². The Balaban J connectivity index is 2.29. The third-order valence-electron chi connectivity index (χ3n) is 4.15. The lowest BCUT2D eigenvalue weighted by Crippen LogP contribution is -2.31. The van der Waals surface area contributed by atoms with Crippen LogP contribution in [0.3, 0.4) is 0 Å². The molecular weight excluding hydrogens is 399 g/mol. The maximum Gasteiger partial charge on any atom is 0.231 e. The van der Waals surface area contributed by atoms with E-state index in [-0.39, 0.29) is 11.6 Å². The monoisotopic (exact) mass is 426 g/mol. The molecule has 2 N–H and O–H groups in total. The van der Waals surface area contributed by atoms with Gasteiger partial charge in [-0.25, -0.2) is 9.38 Å². The normalized spacial score (nSPS) is 12.0. The fourth-order valence-electron chi connectivity index (χ4n) is 2.68. The number of hydrogen-bond donors (Lipinski definition) is 2. The molecule has 7 nitrogen and oxygen atoms in total. The van der Waals surface area contributed by atoms with Crippen molar-refractivity contribution < 1.29 is 18.7 Å². The second-order valence-corrected chi connectivity index (χ2v) is 6.95. The zero-order chi connectivity index (χ0) is 22.8. The molecule has 0 spiro atoms. The van der Waals surface area contributed by atoms with E-state index in [0.29, 0.717) is 47.6 Å². The first-order valence-electron chi connectivity index (χ1n) is 9.73. The number of benzene rings is 2. The summed E-state index contributed by atoms with van der Waals surface area (Å²) in [5.41, 5.74) is 1.18. The van der Waals surface area contributed by atoms with E-state index in [1.54, 1.807) is 43.5 Å². The van der Waals surface area contributed by atoms with Gasteiger partial charge in [0.15, 0.2) is 0 Å². The van der Waals surface area contributed by atoms with Gasteiger partial charge in [0.1, 0.15) is 30.3 Å². The van der Waals surface area contributed by atoms with E-state index < -0.39 is 11.7 Å². The van der Waals surface area contributed by atoms with Crippen molar-refractivity contribution in [1.29, 1.82) is 0 Å². The van der Waals surface area contributed by atoms with Crippen molar-refractivity contribution in [3.8, 4) is 5.75 Å². The predicted octanol–water partition coefficient (Wildman–Crippen LogP) is 1.97. The van der Waals surface area contributed by atoms with Crippen molar-refractivity contribution in [3.63, 3.8) is 0 Å². The van der Waals surface area contributed by atoms with Crippen LogP contribution in [0.25, 0.3) is 12.4 Å². The van der Waals surface area contributed by atoms with Gasteiger partial charge >= 0.3 is 0 Å². The van der Waals surface area contributed by atoms with Crippen LogP contribution in [0.5, 0.6) is 5.75 Å². The highest BCUT2D eigenvalue weighted by molar-refractivity contribution is 5.98. The fraction of sp³-hybridized carbons (Fsp3) is 0.261. The summed E-state index contributed by atoms with van der Waals surface area (Å²) in [6, 6.07) is 9.75. The Morgan fingerprint density at radius 1 is 1.19 bits per heavy atom. The molecule has 2 rings (SSSR count). The van der Waals surface area contributed by atoms with Crippen molar-refractivity contribution in [2.45, 2.75) is 13.3 Å². The number of hydrogen-bond acceptors (Lipinski definition) is 6. The number of rotatable bonds is 10. The third-order valence-corrected chi connectivity index (χ3v) is 4.15. The summed E-state index contributed by atoms with van der Waals surface area (Å²) in [5, 5.41) is 6.36. The van der Waals surface area contributed by atoms with Crippen molar-refractivity contribution in [1.82, 2.24) is 4.90 Å². The molecule has 0 bridgehead atoms. The van der Waals surface area contributed by atoms with Gasteiger partial charge in [-0.3, -0.25) is 4.79 Å². The van der Waals surface area contributed by atoms with Crippen LogP contribution in [-0.4, -0.2) is 50.6 Å². The zero-order valence-corrected chi connectivity index (χ0v) is 17.9. The molecule has 0 aliphatic carbocycles. The average molecular weight is 426 g/mol. The Labute approximate surface area is 180 Å². The first-order valence-corrected chi connectivity index (χ1v) is 9.73. The lowest BCUT2D eigenvalue weighted by atomic mass is 10.2. The highest BCUT2D eigenvalue weighted by Crippen LogP contribution is 2.16. The van der Waals surface area contributed by atoms with Gasteiger partial charge < -0.3 is 25.1 Å². The molecule has 31 heavy (non-hydrogen) atoms. The molecule has 1 amide bonds. The van der Waals surface area contributed by atoms with Gasteiger partial charge in [-0.05, 0) is 56.6 Å². The summed E-state index contributed by atoms with van der Waals surface area (Å²) in [5.74, 6) is -0.195. The summed E-state index contributed by atoms with van der Waals surface area (Å²) < 4.78 is 20.5. The van der Waals surface area contributed by atoms with Gasteiger partial charge in [0.25, 0.3) is 0 Å². The molecule has 0 aliphatic heterocycles. The highest BCUT2D eigenvalue weighted by atomic mass is 19.1. The summed E-state index contributed by atoms with van der Waals surface area (Å²) in [6.45, 7) is 6.82. The second kappa shape index (κ2) is 11.6. The molecule has 0 fully saturated rings. The van der Waals surface area contributed by atoms with E-state index >= 15 is 0 Å². The average Bonchev–Trinajstić information content (AvgIpc) is 2.69. The molecule has 0 unspecified atom stereocenters. The first kappa shape index (κ1) is 23.8. The maximum absolute atomic E-state index is 14.9. The number of ether oxygens (including phenoxy) is 1. The largest absolute Gasteiger partial charge is 0.492 e. The lowest BCUT2D eigenvalue weighted by molar-refractivity contribution is -0.119. The van der Waals surface area contributed by atoms with Gasteiger partial charge in [0.2, 0.25) is 5.91 Å². The van der Waals surface area contributed by atoms with E-state index in [1.165, 1.54) is 6.07 Å². The van der Waals surface area contributed by atoms with E-state index in [9.17, 15) is 14.0 Å². The molecule has 8 heteroatoms. The molecule has 0 atom stereocenters. The van der Waals surface area contributed by atoms with Gasteiger partial charge in [-0.2, -0.15) is 0 Å². The van der Waals surface area contributed by atoms with Gasteiger partial charge in [-0.15, -0.1) is 0 Å². The molecular formula is C23H27FN4O3. The van der Waals surface area contributed by atoms with Crippen LogP contribution in [0, 0.1) is 5.82 Å². The molecule has 0 heterocycles. The number of aldehydes is 1. The van der Waals surface area contributed by atoms with Crippen LogP contribution in [0.1, 0.15) is 13.3 Å². The summed E-state index contributed by atoms with van der Waals surface area (Å²) in [4.78, 5) is 28.1. The summed E-state index contributed by atoms with van der Waals surface area (Å²) >= 11 is 0. The van der Waals surface area contributed by atoms with Crippen molar-refractivity contribution in [2.24, 2.45) is 4.99 Å². The van der Waals surface area contributed by atoms with E-state index in [2.05, 4.69) is 22.2 Å². The molecule has 164 valence electrons. The molecule has 0 saturated carbocycles. The Hall–Kier alpha value is -3.52. The van der Waals surface area contributed by atoms with Crippen molar-refractivity contribution in [2.75, 3.05) is 37.9 Å². The number of carbonyl (C=O) groups excluding carboxylic acids is 2. The number of anilines is 2. The van der Waals surface area contributed by atoms with E-state index in [0.717, 1.165) is 0 Å². The van der Waals surface area contributed by atoms with Crippen LogP contribution in [0.2, 0.25) is 0 Å². The summed E-state index contributed by atoms with van der Waals surface area (Å²) in [6.07, 6.45) is 1.89. The van der Waals surface area contributed by atoms with Crippen LogP contribution < -0.4 is 25.8 Å². The summed E-state index contributed by atoms with van der Waals surface area (Å²) in [7, 11) is 3.86. The van der Waals surface area contributed by atoms with Crippen LogP contribution in [-0.2, 0) is 9.59 Å². The Kier molecular flexibility index (Phi) is 8.90. The quantitative estimate of drug-likeness (QED) is 0.345. The second-order valence-electron chi connectivity index (χ2n) is 6.95. The lowest BCUT2D eigenvalue weighted by Gasteiger charge is -2.12. The smallest absolute Gasteiger partial charge is 0.231 e. The number of nitrogens with zero attached hydrogens (tertiary/aromatic N) is 2. The third kappa shape index (κ3) is 7.35. The minimum absolute atomic E-state index is 0.205. The van der Waals surface area contributed by atoms with Crippen LogP contribution in [0.15, 0.2) is 41.4 Å². The standard InChI is InChI=1S/C23H27FN4O3/c1-5-25-23(27-18-8-6-17(7-9-18)26-21(30)10-12-29)22-16(2)14-19(15-20(22)24)31-13-11-28(3)4/h5-9,12,14-15,27H,2,10-11,13H2,1,3-4H3,(H,26,30)/b23-22-,25-5?. The number of nitrogens with one attached hydrogen (secondary N) is 2. The Morgan fingerprint density at radius 2 is 1.84 bits per heavy atom. The molecule has 2 aromatic carbocycles. The molecule has 0 radical (unpaired) electrons. The maximum atomic E-state index is 14.9. The fourth-order valence-corrected chi connectivity index (χ4v) is 2.68. The minimum Gasteiger partial charge on any atom is -0.492 e. The zero-order valence-electron chi connectivity index (χ0n) is 17.9. The predicted molar refractivity (Wildman–Crippen MR) is 122 cm³/mol. The SMILES string of the molecule is C=c1cc(OCCN(C)C)cc(F)/c1=C(/N=CC)Nc1ccc(NC(=O)CC=O)cc1. The molecule has 0 aromatic heterocycles. The number of carbonyl (C=O) groups is 2. The van der Waals surface area contributed by atoms with Crippen molar-refractivity contribution in [3.05, 3.63) is 52.7 Å². The number of halogens is 1. The first-order chi connectivity index (χ1) is 14.8. The van der Waals surface area contributed by atoms with E-state index in [4.69, 9.17) is 4.74 Å². The van der Waals surface area contributed by atoms with Crippen LogP contribution in [0.4, 0.5) is 15.8 Å². The van der Waals surface area contributed by atoms with Gasteiger partial charge in [0.05, 0.1) is 11.6 Å². The number of amides is 1. The molecule has 0 saturated heterocycles. The molecule has 0 aliphatic rings. The number of aliphatic imine (C=N–C) groups is 1. The Bertz CT molecular complexity index is 1050. The van der Waals surface area contributed by atoms with Crippen molar-refractivity contribution >= 4 is 42.2 Å². The van der Waals surface area contributed by atoms with Gasteiger partial charge in [-0.1, -0.05) is 6.58 Å². The van der Waals surface area contributed by atoms with E-state index in [1.807, 2.05) is 19.0 Å². The Morgan fingerprint density at radius 3 is 2.39 bits per heavy atom. The number of likely N-dealkylation sites (N-methyl/N-ethyl adjacent to an activating group) is 1. The van der Waals surface area contributed by atoms with Crippen LogP contribution >= 0.6 is 0 Å². The molecule has 2 aromatic rings. The topological polar surface area (TPSA) is 83.0 Å². The highest BCUT2D eigenvalue weighted by Gasteiger charge is 2.08.